The number of ether oxygens (including phenoxy) is 1. The highest BCUT2D eigenvalue weighted by Gasteiger charge is 2.18. The molecular weight excluding hydrogens is 350 g/mol. The molecule has 148 valence electrons. The molecule has 0 aliphatic carbocycles. The molecule has 1 amide bonds. The minimum absolute atomic E-state index is 0.0139. The van der Waals surface area contributed by atoms with Gasteiger partial charge < -0.3 is 15.0 Å². The van der Waals surface area contributed by atoms with E-state index in [9.17, 15) is 4.79 Å². The summed E-state index contributed by atoms with van der Waals surface area (Å²) in [6, 6.07) is 16.6. The molecule has 4 rings (SSSR count). The van der Waals surface area contributed by atoms with Crippen molar-refractivity contribution in [2.24, 2.45) is 0 Å². The van der Waals surface area contributed by atoms with Gasteiger partial charge in [-0.15, -0.1) is 0 Å². The van der Waals surface area contributed by atoms with Crippen LogP contribution in [0, 0.1) is 0 Å². The van der Waals surface area contributed by atoms with Crippen molar-refractivity contribution in [2.75, 3.05) is 50.8 Å². The van der Waals surface area contributed by atoms with Crippen LogP contribution in [0.15, 0.2) is 48.5 Å². The van der Waals surface area contributed by atoms with E-state index in [0.717, 1.165) is 64.3 Å². The van der Waals surface area contributed by atoms with Gasteiger partial charge in [0.1, 0.15) is 0 Å². The van der Waals surface area contributed by atoms with Gasteiger partial charge in [0.05, 0.1) is 13.2 Å². The van der Waals surface area contributed by atoms with Crippen LogP contribution >= 0.6 is 0 Å². The Morgan fingerprint density at radius 3 is 2.61 bits per heavy atom. The Morgan fingerprint density at radius 1 is 1.00 bits per heavy atom. The molecule has 0 saturated carbocycles. The standard InChI is InChI=1S/C23H29N3O2/c27-23(24-11-3-12-25-14-16-28-17-15-25)21-8-6-19(7-9-21)18-26-13-10-20-4-1-2-5-22(20)26/h1-2,4-9H,3,10-18H2,(H,24,27). The number of morpholine rings is 1. The smallest absolute Gasteiger partial charge is 0.251 e. The van der Waals surface area contributed by atoms with Gasteiger partial charge in [0, 0.05) is 44.0 Å². The van der Waals surface area contributed by atoms with Crippen LogP contribution in [0.3, 0.4) is 0 Å². The highest BCUT2D eigenvalue weighted by atomic mass is 16.5. The predicted molar refractivity (Wildman–Crippen MR) is 112 cm³/mol. The molecule has 0 unspecified atom stereocenters. The first-order valence-electron chi connectivity index (χ1n) is 10.3. The number of benzene rings is 2. The molecule has 28 heavy (non-hydrogen) atoms. The molecule has 5 nitrogen and oxygen atoms in total. The van der Waals surface area contributed by atoms with Gasteiger partial charge in [-0.05, 0) is 48.7 Å². The summed E-state index contributed by atoms with van der Waals surface area (Å²) >= 11 is 0. The predicted octanol–water partition coefficient (Wildman–Crippen LogP) is 2.70. The summed E-state index contributed by atoms with van der Waals surface area (Å²) in [5, 5.41) is 3.04. The normalized spacial score (nSPS) is 16.8. The Kier molecular flexibility index (Phi) is 6.24. The van der Waals surface area contributed by atoms with E-state index >= 15 is 0 Å². The van der Waals surface area contributed by atoms with Crippen LogP contribution in [-0.2, 0) is 17.7 Å². The van der Waals surface area contributed by atoms with Gasteiger partial charge in [-0.2, -0.15) is 0 Å². The van der Waals surface area contributed by atoms with Crippen LogP contribution < -0.4 is 10.2 Å². The minimum Gasteiger partial charge on any atom is -0.379 e. The topological polar surface area (TPSA) is 44.8 Å². The number of fused-ring (bicyclic) bond motifs is 1. The zero-order valence-electron chi connectivity index (χ0n) is 16.4. The number of anilines is 1. The molecular formula is C23H29N3O2. The van der Waals surface area contributed by atoms with Crippen molar-refractivity contribution >= 4 is 11.6 Å². The summed E-state index contributed by atoms with van der Waals surface area (Å²) in [6.45, 7) is 7.31. The second-order valence-electron chi connectivity index (χ2n) is 7.56. The Morgan fingerprint density at radius 2 is 1.79 bits per heavy atom. The Balaban J connectivity index is 1.23. The van der Waals surface area contributed by atoms with Crippen molar-refractivity contribution in [1.29, 1.82) is 0 Å². The van der Waals surface area contributed by atoms with Gasteiger partial charge in [0.2, 0.25) is 0 Å². The molecule has 5 heteroatoms. The van der Waals surface area contributed by atoms with Crippen LogP contribution in [0.2, 0.25) is 0 Å². The number of hydrogen-bond donors (Lipinski definition) is 1. The first-order chi connectivity index (χ1) is 13.8. The van der Waals surface area contributed by atoms with Gasteiger partial charge in [-0.1, -0.05) is 30.3 Å². The molecule has 0 spiro atoms. The number of rotatable bonds is 7. The van der Waals surface area contributed by atoms with Crippen molar-refractivity contribution in [1.82, 2.24) is 10.2 Å². The van der Waals surface area contributed by atoms with Crippen LogP contribution in [0.25, 0.3) is 0 Å². The van der Waals surface area contributed by atoms with Crippen molar-refractivity contribution in [2.45, 2.75) is 19.4 Å². The van der Waals surface area contributed by atoms with Gasteiger partial charge in [-0.25, -0.2) is 0 Å². The first kappa shape index (κ1) is 19.0. The molecule has 2 aliphatic heterocycles. The van der Waals surface area contributed by atoms with E-state index in [1.54, 1.807) is 0 Å². The Hall–Kier alpha value is -2.37. The average molecular weight is 380 g/mol. The second kappa shape index (κ2) is 9.22. The zero-order chi connectivity index (χ0) is 19.2. The third-order valence-electron chi connectivity index (χ3n) is 5.61. The first-order valence-corrected chi connectivity index (χ1v) is 10.3. The third kappa shape index (κ3) is 4.72. The van der Waals surface area contributed by atoms with Gasteiger partial charge in [-0.3, -0.25) is 9.69 Å². The summed E-state index contributed by atoms with van der Waals surface area (Å²) in [5.41, 5.74) is 4.73. The number of carbonyl (C=O) groups is 1. The van der Waals surface area contributed by atoms with Crippen molar-refractivity contribution in [3.05, 3.63) is 65.2 Å². The maximum Gasteiger partial charge on any atom is 0.251 e. The largest absolute Gasteiger partial charge is 0.379 e. The lowest BCUT2D eigenvalue weighted by Crippen LogP contribution is -2.38. The molecule has 0 radical (unpaired) electrons. The van der Waals surface area contributed by atoms with Gasteiger partial charge in [0.25, 0.3) is 5.91 Å². The molecule has 0 aromatic heterocycles. The molecule has 1 saturated heterocycles. The summed E-state index contributed by atoms with van der Waals surface area (Å²) in [5.74, 6) is 0.0139. The Bertz CT molecular complexity index is 785. The summed E-state index contributed by atoms with van der Waals surface area (Å²) in [6.07, 6.45) is 2.08. The Labute approximate surface area is 167 Å². The van der Waals surface area contributed by atoms with Crippen LogP contribution in [0.5, 0.6) is 0 Å². The number of nitrogens with zero attached hydrogens (tertiary/aromatic N) is 2. The number of para-hydroxylation sites is 1. The van der Waals surface area contributed by atoms with Crippen LogP contribution in [0.4, 0.5) is 5.69 Å². The summed E-state index contributed by atoms with van der Waals surface area (Å²) in [4.78, 5) is 17.2. The van der Waals surface area contributed by atoms with E-state index in [4.69, 9.17) is 4.74 Å². The van der Waals surface area contributed by atoms with Crippen molar-refractivity contribution < 1.29 is 9.53 Å². The van der Waals surface area contributed by atoms with Gasteiger partial charge in [0.15, 0.2) is 0 Å². The maximum absolute atomic E-state index is 12.4. The highest BCUT2D eigenvalue weighted by molar-refractivity contribution is 5.94. The van der Waals surface area contributed by atoms with E-state index in [2.05, 4.69) is 51.5 Å². The molecule has 2 aliphatic rings. The maximum atomic E-state index is 12.4. The molecule has 2 aromatic carbocycles. The van der Waals surface area contributed by atoms with Crippen LogP contribution in [-0.4, -0.2) is 56.7 Å². The zero-order valence-corrected chi connectivity index (χ0v) is 16.4. The number of carbonyl (C=O) groups excluding carboxylic acids is 1. The lowest BCUT2D eigenvalue weighted by Gasteiger charge is -2.26. The van der Waals surface area contributed by atoms with E-state index in [-0.39, 0.29) is 5.91 Å². The third-order valence-corrected chi connectivity index (χ3v) is 5.61. The van der Waals surface area contributed by atoms with Crippen LogP contribution in [0.1, 0.15) is 27.9 Å². The molecule has 1 N–H and O–H groups in total. The molecule has 0 atom stereocenters. The fraction of sp³-hybridized carbons (Fsp3) is 0.435. The quantitative estimate of drug-likeness (QED) is 0.752. The molecule has 2 heterocycles. The number of amides is 1. The van der Waals surface area contributed by atoms with Gasteiger partial charge >= 0.3 is 0 Å². The molecule has 2 aromatic rings. The van der Waals surface area contributed by atoms with E-state index in [0.29, 0.717) is 6.54 Å². The lowest BCUT2D eigenvalue weighted by atomic mass is 10.1. The summed E-state index contributed by atoms with van der Waals surface area (Å²) in [7, 11) is 0. The average Bonchev–Trinajstić information content (AvgIpc) is 3.15. The fourth-order valence-corrected chi connectivity index (χ4v) is 3.98. The van der Waals surface area contributed by atoms with Crippen molar-refractivity contribution in [3.63, 3.8) is 0 Å². The SMILES string of the molecule is O=C(NCCCN1CCOCC1)c1ccc(CN2CCc3ccccc32)cc1. The number of nitrogens with one attached hydrogen (secondary N) is 1. The minimum atomic E-state index is 0.0139. The van der Waals surface area contributed by atoms with E-state index in [1.807, 2.05) is 12.1 Å². The fourth-order valence-electron chi connectivity index (χ4n) is 3.98. The van der Waals surface area contributed by atoms with E-state index in [1.165, 1.54) is 16.8 Å². The monoisotopic (exact) mass is 379 g/mol. The highest BCUT2D eigenvalue weighted by Crippen LogP contribution is 2.28. The lowest BCUT2D eigenvalue weighted by molar-refractivity contribution is 0.0374. The van der Waals surface area contributed by atoms with E-state index < -0.39 is 0 Å². The summed E-state index contributed by atoms with van der Waals surface area (Å²) < 4.78 is 5.36. The number of hydrogen-bond acceptors (Lipinski definition) is 4. The second-order valence-corrected chi connectivity index (χ2v) is 7.56. The molecule has 1 fully saturated rings. The van der Waals surface area contributed by atoms with Crippen molar-refractivity contribution in [3.8, 4) is 0 Å². The molecule has 0 bridgehead atoms.